The summed E-state index contributed by atoms with van der Waals surface area (Å²) in [7, 11) is -3.88. The van der Waals surface area contributed by atoms with E-state index < -0.39 is 74.3 Å². The Hall–Kier alpha value is -4.72. The molecule has 7 rings (SSSR count). The van der Waals surface area contributed by atoms with Crippen LogP contribution in [0.15, 0.2) is 60.7 Å². The predicted molar refractivity (Wildman–Crippen MR) is 198 cm³/mol. The number of pyridine rings is 1. The van der Waals surface area contributed by atoms with Crippen molar-refractivity contribution in [3.05, 3.63) is 60.7 Å². The van der Waals surface area contributed by atoms with Crippen LogP contribution in [0.25, 0.3) is 21.7 Å². The van der Waals surface area contributed by atoms with E-state index in [0.717, 1.165) is 34.5 Å². The summed E-state index contributed by atoms with van der Waals surface area (Å²) in [6, 6.07) is 13.4. The summed E-state index contributed by atoms with van der Waals surface area (Å²) >= 11 is 0. The van der Waals surface area contributed by atoms with Crippen LogP contribution in [0.3, 0.4) is 0 Å². The van der Waals surface area contributed by atoms with Gasteiger partial charge in [-0.1, -0.05) is 61.4 Å². The molecule has 4 aliphatic rings. The summed E-state index contributed by atoms with van der Waals surface area (Å²) in [6.45, 7) is 5.21. The number of ether oxygens (including phenoxy) is 2. The Balaban J connectivity index is 1.21. The third kappa shape index (κ3) is 7.97. The van der Waals surface area contributed by atoms with Gasteiger partial charge in [0.15, 0.2) is 0 Å². The lowest BCUT2D eigenvalue weighted by Crippen LogP contribution is -2.58. The van der Waals surface area contributed by atoms with Crippen molar-refractivity contribution in [2.45, 2.75) is 113 Å². The van der Waals surface area contributed by atoms with Crippen LogP contribution in [0, 0.1) is 5.92 Å². The van der Waals surface area contributed by atoms with E-state index in [-0.39, 0.29) is 19.4 Å². The molecule has 3 heterocycles. The number of carbonyl (C=O) groups is 4. The van der Waals surface area contributed by atoms with Gasteiger partial charge in [0.1, 0.15) is 29.3 Å². The lowest BCUT2D eigenvalue weighted by molar-refractivity contribution is -0.141. The molecule has 0 bridgehead atoms. The van der Waals surface area contributed by atoms with E-state index in [9.17, 15) is 27.6 Å². The number of fused-ring (bicyclic) bond motifs is 5. The maximum absolute atomic E-state index is 14.5. The standard InChI is InChI=1S/C39H47N5O8S/c1-38(2,3)52-37(48)41-31-18-8-6-4-5-7-13-24-22-39(24,36(47)43-53(49,50)26-19-20-26)42-33(45)32-21-25(23-44(32)35(31)46)51-34-29-16-10-9-14-27(29)28-15-11-12-17-30(28)40-34/h7,9-17,24-26,31-32H,4-6,8,18-23H2,1-3H3,(H,41,48)(H,42,45)(H,43,47)/b13-7-/t24-,25-,31+,32+,39-/m1/s1. The van der Waals surface area contributed by atoms with E-state index in [0.29, 0.717) is 38.0 Å². The van der Waals surface area contributed by atoms with Gasteiger partial charge in [-0.3, -0.25) is 19.1 Å². The summed E-state index contributed by atoms with van der Waals surface area (Å²) in [5, 5.41) is 7.70. The Bertz CT molecular complexity index is 2080. The number of nitrogens with zero attached hydrogens (tertiary/aromatic N) is 2. The van der Waals surface area contributed by atoms with Crippen molar-refractivity contribution in [2.24, 2.45) is 5.92 Å². The van der Waals surface area contributed by atoms with Gasteiger partial charge in [0.25, 0.3) is 5.91 Å². The number of aromatic nitrogens is 1. The van der Waals surface area contributed by atoms with E-state index in [2.05, 4.69) is 15.4 Å². The zero-order valence-electron chi connectivity index (χ0n) is 30.3. The molecule has 3 N–H and O–H groups in total. The van der Waals surface area contributed by atoms with Gasteiger partial charge < -0.3 is 25.0 Å². The van der Waals surface area contributed by atoms with Crippen LogP contribution in [-0.2, 0) is 29.1 Å². The molecule has 282 valence electrons. The molecule has 0 radical (unpaired) electrons. The second kappa shape index (κ2) is 14.3. The van der Waals surface area contributed by atoms with Gasteiger partial charge in [-0.2, -0.15) is 0 Å². The minimum atomic E-state index is -3.88. The number of hydrogen-bond acceptors (Lipinski definition) is 9. The summed E-state index contributed by atoms with van der Waals surface area (Å²) in [5.41, 5.74) is -1.56. The molecular formula is C39H47N5O8S. The summed E-state index contributed by atoms with van der Waals surface area (Å²) in [6.07, 6.45) is 6.87. The van der Waals surface area contributed by atoms with Crippen LogP contribution in [0.2, 0.25) is 0 Å². The minimum absolute atomic E-state index is 0.00480. The lowest BCUT2D eigenvalue weighted by Gasteiger charge is -2.30. The number of allylic oxidation sites excluding steroid dienone is 1. The Kier molecular flexibility index (Phi) is 9.85. The highest BCUT2D eigenvalue weighted by molar-refractivity contribution is 7.91. The quantitative estimate of drug-likeness (QED) is 0.240. The molecule has 5 atom stereocenters. The Morgan fingerprint density at radius 3 is 2.42 bits per heavy atom. The summed E-state index contributed by atoms with van der Waals surface area (Å²) in [4.78, 5) is 61.8. The Labute approximate surface area is 309 Å². The number of hydrogen-bond donors (Lipinski definition) is 3. The first-order valence-electron chi connectivity index (χ1n) is 18.5. The normalized spacial score (nSPS) is 27.4. The fraction of sp³-hybridized carbons (Fsp3) is 0.513. The third-order valence-electron chi connectivity index (χ3n) is 10.4. The first-order chi connectivity index (χ1) is 25.2. The molecule has 3 fully saturated rings. The van der Waals surface area contributed by atoms with Gasteiger partial charge in [-0.15, -0.1) is 0 Å². The fourth-order valence-electron chi connectivity index (χ4n) is 7.42. The minimum Gasteiger partial charge on any atom is -0.472 e. The highest BCUT2D eigenvalue weighted by Crippen LogP contribution is 2.46. The Morgan fingerprint density at radius 2 is 1.68 bits per heavy atom. The highest BCUT2D eigenvalue weighted by atomic mass is 32.2. The van der Waals surface area contributed by atoms with Gasteiger partial charge in [-0.25, -0.2) is 18.2 Å². The molecule has 14 heteroatoms. The van der Waals surface area contributed by atoms with Crippen molar-refractivity contribution in [2.75, 3.05) is 6.54 Å². The van der Waals surface area contributed by atoms with Crippen molar-refractivity contribution in [3.63, 3.8) is 0 Å². The number of para-hydroxylation sites is 1. The summed E-state index contributed by atoms with van der Waals surface area (Å²) in [5.74, 6) is -1.93. The molecule has 4 amide bonds. The molecule has 3 aromatic rings. The van der Waals surface area contributed by atoms with E-state index >= 15 is 0 Å². The van der Waals surface area contributed by atoms with Crippen molar-refractivity contribution in [1.82, 2.24) is 25.2 Å². The molecule has 2 saturated carbocycles. The van der Waals surface area contributed by atoms with Crippen molar-refractivity contribution in [3.8, 4) is 5.88 Å². The van der Waals surface area contributed by atoms with Crippen LogP contribution in [0.5, 0.6) is 5.88 Å². The molecule has 53 heavy (non-hydrogen) atoms. The number of amides is 4. The first kappa shape index (κ1) is 36.6. The molecule has 13 nitrogen and oxygen atoms in total. The second-order valence-corrected chi connectivity index (χ2v) is 17.6. The third-order valence-corrected chi connectivity index (χ3v) is 12.2. The number of carbonyl (C=O) groups excluding carboxylic acids is 4. The summed E-state index contributed by atoms with van der Waals surface area (Å²) < 4.78 is 40.0. The molecule has 0 spiro atoms. The van der Waals surface area contributed by atoms with Gasteiger partial charge >= 0.3 is 6.09 Å². The van der Waals surface area contributed by atoms with Crippen LogP contribution in [0.4, 0.5) is 4.79 Å². The zero-order chi connectivity index (χ0) is 37.5. The number of sulfonamides is 1. The van der Waals surface area contributed by atoms with E-state index in [1.54, 1.807) is 20.8 Å². The van der Waals surface area contributed by atoms with Crippen LogP contribution in [-0.4, -0.2) is 83.2 Å². The van der Waals surface area contributed by atoms with Crippen molar-refractivity contribution in [1.29, 1.82) is 0 Å². The number of alkyl carbamates (subject to hydrolysis) is 1. The lowest BCUT2D eigenvalue weighted by atomic mass is 10.0. The number of rotatable bonds is 6. The fourth-order valence-corrected chi connectivity index (χ4v) is 8.78. The molecule has 1 saturated heterocycles. The van der Waals surface area contributed by atoms with Gasteiger partial charge in [0, 0.05) is 23.1 Å². The monoisotopic (exact) mass is 745 g/mol. The SMILES string of the molecule is CC(C)(C)OC(=O)N[C@H]1CCCCC/C=C\[C@@H]2C[C@@]2(C(=O)NS(=O)(=O)C2CC2)NC(=O)[C@@H]2C[C@@H](Oc3nc4ccccc4c4ccccc34)CN2C1=O. The second-order valence-electron chi connectivity index (χ2n) is 15.7. The first-order valence-corrected chi connectivity index (χ1v) is 20.1. The molecular weight excluding hydrogens is 699 g/mol. The van der Waals surface area contributed by atoms with E-state index in [4.69, 9.17) is 14.5 Å². The number of benzene rings is 2. The molecule has 2 aliphatic carbocycles. The smallest absolute Gasteiger partial charge is 0.408 e. The van der Waals surface area contributed by atoms with E-state index in [1.807, 2.05) is 60.7 Å². The average molecular weight is 746 g/mol. The van der Waals surface area contributed by atoms with Gasteiger partial charge in [0.05, 0.1) is 17.3 Å². The van der Waals surface area contributed by atoms with Crippen LogP contribution >= 0.6 is 0 Å². The Morgan fingerprint density at radius 1 is 0.962 bits per heavy atom. The van der Waals surface area contributed by atoms with Crippen molar-refractivity contribution < 1.29 is 37.1 Å². The molecule has 2 aromatic carbocycles. The van der Waals surface area contributed by atoms with Crippen molar-refractivity contribution >= 4 is 55.5 Å². The molecule has 2 aliphatic heterocycles. The zero-order valence-corrected chi connectivity index (χ0v) is 31.1. The topological polar surface area (TPSA) is 173 Å². The highest BCUT2D eigenvalue weighted by Gasteiger charge is 2.62. The number of nitrogens with one attached hydrogen (secondary N) is 3. The molecule has 1 aromatic heterocycles. The maximum Gasteiger partial charge on any atom is 0.408 e. The maximum atomic E-state index is 14.5. The average Bonchev–Trinajstić information content (AvgIpc) is 4.03. The largest absolute Gasteiger partial charge is 0.472 e. The van der Waals surface area contributed by atoms with Gasteiger partial charge in [0.2, 0.25) is 27.7 Å². The van der Waals surface area contributed by atoms with E-state index in [1.165, 1.54) is 4.90 Å². The predicted octanol–water partition coefficient (Wildman–Crippen LogP) is 4.63. The molecule has 0 unspecified atom stereocenters. The van der Waals surface area contributed by atoms with Crippen LogP contribution < -0.4 is 20.1 Å². The van der Waals surface area contributed by atoms with Crippen LogP contribution in [0.1, 0.15) is 78.6 Å². The van der Waals surface area contributed by atoms with Gasteiger partial charge in [-0.05, 0) is 76.8 Å².